The lowest BCUT2D eigenvalue weighted by atomic mass is 10.2. The van der Waals surface area contributed by atoms with E-state index in [-0.39, 0.29) is 5.91 Å². The summed E-state index contributed by atoms with van der Waals surface area (Å²) in [6, 6.07) is 16.3. The van der Waals surface area contributed by atoms with E-state index >= 15 is 0 Å². The Morgan fingerprint density at radius 1 is 1.11 bits per heavy atom. The molecule has 0 radical (unpaired) electrons. The van der Waals surface area contributed by atoms with Crippen molar-refractivity contribution in [1.82, 2.24) is 9.97 Å². The minimum Gasteiger partial charge on any atom is -0.322 e. The summed E-state index contributed by atoms with van der Waals surface area (Å²) in [4.78, 5) is 21.4. The van der Waals surface area contributed by atoms with E-state index in [1.54, 1.807) is 47.5 Å². The molecule has 0 spiro atoms. The first kappa shape index (κ1) is 19.2. The topological polar surface area (TPSA) is 54.9 Å². The van der Waals surface area contributed by atoms with Gasteiger partial charge in [-0.2, -0.15) is 0 Å². The molecule has 0 fully saturated rings. The van der Waals surface area contributed by atoms with Gasteiger partial charge in [-0.1, -0.05) is 41.0 Å². The van der Waals surface area contributed by atoms with Crippen LogP contribution >= 0.6 is 46.3 Å². The summed E-state index contributed by atoms with van der Waals surface area (Å²) >= 11 is 15.2. The van der Waals surface area contributed by atoms with E-state index in [9.17, 15) is 4.79 Å². The number of halogens is 2. The SMILES string of the molecule is O=C(Nc1ccc2nc(SCc3ccccn3)sc2c1)c1ccc(Cl)cc1Cl. The van der Waals surface area contributed by atoms with E-state index in [1.807, 2.05) is 36.4 Å². The zero-order valence-electron chi connectivity index (χ0n) is 14.4. The van der Waals surface area contributed by atoms with Gasteiger partial charge in [-0.15, -0.1) is 11.3 Å². The van der Waals surface area contributed by atoms with Crippen LogP contribution < -0.4 is 5.32 Å². The Hall–Kier alpha value is -2.12. The predicted molar refractivity (Wildman–Crippen MR) is 118 cm³/mol. The quantitative estimate of drug-likeness (QED) is 0.354. The van der Waals surface area contributed by atoms with Gasteiger partial charge in [0.1, 0.15) is 0 Å². The molecule has 0 aliphatic heterocycles. The summed E-state index contributed by atoms with van der Waals surface area (Å²) in [5, 5.41) is 3.68. The molecule has 1 amide bonds. The van der Waals surface area contributed by atoms with Gasteiger partial charge in [0.25, 0.3) is 5.91 Å². The lowest BCUT2D eigenvalue weighted by Gasteiger charge is -2.07. The molecule has 140 valence electrons. The summed E-state index contributed by atoms with van der Waals surface area (Å²) in [6.07, 6.45) is 1.79. The molecule has 28 heavy (non-hydrogen) atoms. The number of benzene rings is 2. The Bertz CT molecular complexity index is 1150. The van der Waals surface area contributed by atoms with E-state index < -0.39 is 0 Å². The highest BCUT2D eigenvalue weighted by molar-refractivity contribution is 8.00. The predicted octanol–water partition coefficient (Wildman–Crippen LogP) is 6.54. The second kappa shape index (κ2) is 8.49. The fourth-order valence-electron chi connectivity index (χ4n) is 2.53. The Labute approximate surface area is 179 Å². The third kappa shape index (κ3) is 4.47. The lowest BCUT2D eigenvalue weighted by molar-refractivity contribution is 0.102. The molecule has 0 bridgehead atoms. The Morgan fingerprint density at radius 3 is 2.79 bits per heavy atom. The van der Waals surface area contributed by atoms with Gasteiger partial charge in [0.15, 0.2) is 4.34 Å². The number of hydrogen-bond donors (Lipinski definition) is 1. The number of pyridine rings is 1. The van der Waals surface area contributed by atoms with Crippen molar-refractivity contribution in [1.29, 1.82) is 0 Å². The van der Waals surface area contributed by atoms with E-state index in [4.69, 9.17) is 23.2 Å². The highest BCUT2D eigenvalue weighted by atomic mass is 35.5. The van der Waals surface area contributed by atoms with Crippen molar-refractivity contribution in [3.63, 3.8) is 0 Å². The number of amides is 1. The maximum absolute atomic E-state index is 12.5. The van der Waals surface area contributed by atoms with Crippen LogP contribution in [0.15, 0.2) is 65.1 Å². The minimum atomic E-state index is -0.282. The molecular weight excluding hydrogens is 433 g/mol. The molecule has 0 aliphatic carbocycles. The number of anilines is 1. The third-order valence-electron chi connectivity index (χ3n) is 3.87. The van der Waals surface area contributed by atoms with Crippen molar-refractivity contribution >= 4 is 68.1 Å². The fourth-order valence-corrected chi connectivity index (χ4v) is 5.05. The number of carbonyl (C=O) groups is 1. The van der Waals surface area contributed by atoms with Gasteiger partial charge in [-0.3, -0.25) is 9.78 Å². The third-order valence-corrected chi connectivity index (χ3v) is 6.61. The summed E-state index contributed by atoms with van der Waals surface area (Å²) < 4.78 is 1.97. The average molecular weight is 446 g/mol. The van der Waals surface area contributed by atoms with Gasteiger partial charge in [0, 0.05) is 22.7 Å². The van der Waals surface area contributed by atoms with Crippen LogP contribution in [0, 0.1) is 0 Å². The smallest absolute Gasteiger partial charge is 0.257 e. The van der Waals surface area contributed by atoms with E-state index in [0.29, 0.717) is 21.3 Å². The van der Waals surface area contributed by atoms with Crippen LogP contribution in [0.25, 0.3) is 10.2 Å². The van der Waals surface area contributed by atoms with Crippen LogP contribution in [0.4, 0.5) is 5.69 Å². The van der Waals surface area contributed by atoms with Crippen molar-refractivity contribution < 1.29 is 4.79 Å². The number of thioether (sulfide) groups is 1. The Kier molecular flexibility index (Phi) is 5.82. The minimum absolute atomic E-state index is 0.282. The molecule has 4 rings (SSSR count). The number of rotatable bonds is 5. The van der Waals surface area contributed by atoms with Crippen molar-refractivity contribution in [2.24, 2.45) is 0 Å². The van der Waals surface area contributed by atoms with Crippen LogP contribution in [0.5, 0.6) is 0 Å². The summed E-state index contributed by atoms with van der Waals surface area (Å²) in [5.74, 6) is 0.481. The van der Waals surface area contributed by atoms with Crippen LogP contribution in [0.2, 0.25) is 10.0 Å². The number of nitrogens with zero attached hydrogens (tertiary/aromatic N) is 2. The van der Waals surface area contributed by atoms with Gasteiger partial charge >= 0.3 is 0 Å². The number of nitrogens with one attached hydrogen (secondary N) is 1. The maximum atomic E-state index is 12.5. The molecule has 8 heteroatoms. The average Bonchev–Trinajstić information content (AvgIpc) is 3.09. The van der Waals surface area contributed by atoms with Gasteiger partial charge in [-0.05, 0) is 48.5 Å². The molecule has 2 aromatic carbocycles. The highest BCUT2D eigenvalue weighted by Crippen LogP contribution is 2.33. The monoisotopic (exact) mass is 445 g/mol. The standard InChI is InChI=1S/C20H13Cl2N3OS2/c21-12-4-6-15(16(22)9-12)19(26)24-13-5-7-17-18(10-13)28-20(25-17)27-11-14-3-1-2-8-23-14/h1-10H,11H2,(H,24,26). The number of carbonyl (C=O) groups excluding carboxylic acids is 1. The first-order valence-electron chi connectivity index (χ1n) is 8.28. The molecular formula is C20H13Cl2N3OS2. The lowest BCUT2D eigenvalue weighted by Crippen LogP contribution is -2.12. The number of thiazole rings is 1. The zero-order valence-corrected chi connectivity index (χ0v) is 17.5. The summed E-state index contributed by atoms with van der Waals surface area (Å²) in [7, 11) is 0. The molecule has 2 heterocycles. The van der Waals surface area contributed by atoms with Gasteiger partial charge in [-0.25, -0.2) is 4.98 Å². The van der Waals surface area contributed by atoms with E-state index in [0.717, 1.165) is 26.0 Å². The summed E-state index contributed by atoms with van der Waals surface area (Å²) in [5.41, 5.74) is 2.98. The molecule has 1 N–H and O–H groups in total. The van der Waals surface area contributed by atoms with Crippen molar-refractivity contribution in [2.75, 3.05) is 5.32 Å². The van der Waals surface area contributed by atoms with E-state index in [2.05, 4.69) is 15.3 Å². The Morgan fingerprint density at radius 2 is 2.00 bits per heavy atom. The largest absolute Gasteiger partial charge is 0.322 e. The first-order chi connectivity index (χ1) is 13.6. The second-order valence-electron chi connectivity index (χ2n) is 5.85. The van der Waals surface area contributed by atoms with Gasteiger partial charge < -0.3 is 5.32 Å². The van der Waals surface area contributed by atoms with Gasteiger partial charge in [0.05, 0.1) is 26.5 Å². The molecule has 2 aromatic heterocycles. The number of aromatic nitrogens is 2. The van der Waals surface area contributed by atoms with Crippen molar-refractivity contribution in [3.05, 3.63) is 82.1 Å². The molecule has 0 atom stereocenters. The molecule has 0 saturated heterocycles. The first-order valence-corrected chi connectivity index (χ1v) is 10.8. The Balaban J connectivity index is 1.49. The highest BCUT2D eigenvalue weighted by Gasteiger charge is 2.12. The molecule has 4 nitrogen and oxygen atoms in total. The van der Waals surface area contributed by atoms with Crippen LogP contribution in [-0.2, 0) is 5.75 Å². The number of hydrogen-bond acceptors (Lipinski definition) is 5. The molecule has 0 saturated carbocycles. The number of fused-ring (bicyclic) bond motifs is 1. The van der Waals surface area contributed by atoms with Crippen molar-refractivity contribution in [3.8, 4) is 0 Å². The molecule has 0 aliphatic rings. The van der Waals surface area contributed by atoms with Crippen LogP contribution in [0.1, 0.15) is 16.1 Å². The van der Waals surface area contributed by atoms with Crippen LogP contribution in [-0.4, -0.2) is 15.9 Å². The zero-order chi connectivity index (χ0) is 19.5. The fraction of sp³-hybridized carbons (Fsp3) is 0.0500. The summed E-state index contributed by atoms with van der Waals surface area (Å²) in [6.45, 7) is 0. The van der Waals surface area contributed by atoms with E-state index in [1.165, 1.54) is 0 Å². The molecule has 4 aromatic rings. The maximum Gasteiger partial charge on any atom is 0.257 e. The second-order valence-corrected chi connectivity index (χ2v) is 8.95. The normalized spacial score (nSPS) is 10.9. The van der Waals surface area contributed by atoms with Crippen LogP contribution in [0.3, 0.4) is 0 Å². The van der Waals surface area contributed by atoms with Crippen molar-refractivity contribution in [2.45, 2.75) is 10.1 Å². The molecule has 0 unspecified atom stereocenters. The van der Waals surface area contributed by atoms with Gasteiger partial charge in [0.2, 0.25) is 0 Å².